The van der Waals surface area contributed by atoms with Gasteiger partial charge in [-0.1, -0.05) is 25.7 Å². The van der Waals surface area contributed by atoms with Crippen molar-refractivity contribution in [2.24, 2.45) is 0 Å². The van der Waals surface area contributed by atoms with E-state index < -0.39 is 0 Å². The average Bonchev–Trinajstić information content (AvgIpc) is 2.43. The molecule has 2 rings (SSSR count). The van der Waals surface area contributed by atoms with Crippen LogP contribution in [0.4, 0.5) is 5.95 Å². The molecule has 4 nitrogen and oxygen atoms in total. The molecule has 15 heavy (non-hydrogen) atoms. The highest BCUT2D eigenvalue weighted by Crippen LogP contribution is 2.29. The van der Waals surface area contributed by atoms with E-state index in [1.165, 1.54) is 25.7 Å². The molecule has 1 aliphatic carbocycles. The number of halogens is 1. The van der Waals surface area contributed by atoms with Crippen molar-refractivity contribution < 1.29 is 0 Å². The molecule has 82 valence electrons. The minimum absolute atomic E-state index is 0.210. The summed E-state index contributed by atoms with van der Waals surface area (Å²) in [5.41, 5.74) is 5.56. The Hall–Kier alpha value is -0.900. The van der Waals surface area contributed by atoms with E-state index in [-0.39, 0.29) is 11.2 Å². The number of hydrogen-bond acceptors (Lipinski definition) is 4. The van der Waals surface area contributed by atoms with Gasteiger partial charge in [-0.25, -0.2) is 4.98 Å². The van der Waals surface area contributed by atoms with Crippen LogP contribution in [0.5, 0.6) is 0 Å². The van der Waals surface area contributed by atoms with E-state index in [2.05, 4.69) is 15.0 Å². The molecular formula is C10H15ClN4. The van der Waals surface area contributed by atoms with E-state index in [4.69, 9.17) is 17.3 Å². The molecule has 1 heterocycles. The summed E-state index contributed by atoms with van der Waals surface area (Å²) in [5, 5.41) is 0.210. The van der Waals surface area contributed by atoms with Crippen molar-refractivity contribution in [3.63, 3.8) is 0 Å². The first-order chi connectivity index (χ1) is 7.25. The fraction of sp³-hybridized carbons (Fsp3) is 0.700. The fourth-order valence-electron chi connectivity index (χ4n) is 2.10. The van der Waals surface area contributed by atoms with Crippen LogP contribution in [0.3, 0.4) is 0 Å². The van der Waals surface area contributed by atoms with Crippen LogP contribution in [-0.4, -0.2) is 15.0 Å². The maximum absolute atomic E-state index is 5.77. The molecule has 0 saturated heterocycles. The van der Waals surface area contributed by atoms with Gasteiger partial charge in [-0.15, -0.1) is 0 Å². The zero-order valence-electron chi connectivity index (χ0n) is 8.62. The molecule has 0 bridgehead atoms. The van der Waals surface area contributed by atoms with Crippen molar-refractivity contribution >= 4 is 17.5 Å². The van der Waals surface area contributed by atoms with Crippen LogP contribution in [0, 0.1) is 0 Å². The summed E-state index contributed by atoms with van der Waals surface area (Å²) in [7, 11) is 0. The standard InChI is InChI=1S/C10H15ClN4/c11-9-13-8(14-10(12)15-9)7-5-3-1-2-4-6-7/h7H,1-6H2,(H2,12,13,14,15). The Bertz CT molecular complexity index is 314. The van der Waals surface area contributed by atoms with Crippen molar-refractivity contribution in [1.82, 2.24) is 15.0 Å². The number of nitrogens with two attached hydrogens (primary N) is 1. The monoisotopic (exact) mass is 226 g/mol. The molecule has 1 aromatic rings. The molecule has 1 aromatic heterocycles. The predicted molar refractivity (Wildman–Crippen MR) is 59.7 cm³/mol. The Morgan fingerprint density at radius 2 is 1.67 bits per heavy atom. The zero-order chi connectivity index (χ0) is 10.7. The van der Waals surface area contributed by atoms with Crippen LogP contribution < -0.4 is 5.73 Å². The predicted octanol–water partition coefficient (Wildman–Crippen LogP) is 2.55. The number of nitrogens with zero attached hydrogens (tertiary/aromatic N) is 3. The lowest BCUT2D eigenvalue weighted by Gasteiger charge is -2.12. The lowest BCUT2D eigenvalue weighted by Crippen LogP contribution is -2.08. The maximum Gasteiger partial charge on any atom is 0.227 e. The maximum atomic E-state index is 5.77. The number of nitrogen functional groups attached to an aromatic ring is 1. The molecular weight excluding hydrogens is 212 g/mol. The summed E-state index contributed by atoms with van der Waals surface area (Å²) in [6, 6.07) is 0. The Kier molecular flexibility index (Phi) is 3.36. The van der Waals surface area contributed by atoms with Crippen LogP contribution in [0.15, 0.2) is 0 Å². The van der Waals surface area contributed by atoms with E-state index in [9.17, 15) is 0 Å². The minimum Gasteiger partial charge on any atom is -0.368 e. The first-order valence-corrected chi connectivity index (χ1v) is 5.80. The van der Waals surface area contributed by atoms with Crippen molar-refractivity contribution in [2.45, 2.75) is 44.4 Å². The highest BCUT2D eigenvalue weighted by Gasteiger charge is 2.18. The van der Waals surface area contributed by atoms with Gasteiger partial charge in [0.15, 0.2) is 0 Å². The van der Waals surface area contributed by atoms with Gasteiger partial charge in [-0.05, 0) is 24.4 Å². The van der Waals surface area contributed by atoms with Gasteiger partial charge in [0.1, 0.15) is 5.82 Å². The number of rotatable bonds is 1. The normalized spacial score (nSPS) is 18.7. The van der Waals surface area contributed by atoms with Crippen LogP contribution >= 0.6 is 11.6 Å². The van der Waals surface area contributed by atoms with Crippen LogP contribution in [-0.2, 0) is 0 Å². The van der Waals surface area contributed by atoms with Crippen molar-refractivity contribution in [1.29, 1.82) is 0 Å². The third kappa shape index (κ3) is 2.78. The minimum atomic E-state index is 0.210. The molecule has 5 heteroatoms. The number of anilines is 1. The second-order valence-corrected chi connectivity index (χ2v) is 4.35. The molecule has 0 unspecified atom stereocenters. The zero-order valence-corrected chi connectivity index (χ0v) is 9.37. The average molecular weight is 227 g/mol. The Labute approximate surface area is 94.3 Å². The van der Waals surface area contributed by atoms with Crippen molar-refractivity contribution in [3.05, 3.63) is 11.1 Å². The largest absolute Gasteiger partial charge is 0.368 e. The molecule has 0 aromatic carbocycles. The number of aromatic nitrogens is 3. The lowest BCUT2D eigenvalue weighted by molar-refractivity contribution is 0.559. The molecule has 1 saturated carbocycles. The molecule has 0 aliphatic heterocycles. The van der Waals surface area contributed by atoms with Gasteiger partial charge in [0.2, 0.25) is 11.2 Å². The van der Waals surface area contributed by atoms with Gasteiger partial charge < -0.3 is 5.73 Å². The Balaban J connectivity index is 2.19. The summed E-state index contributed by atoms with van der Waals surface area (Å²) in [5.74, 6) is 1.42. The van der Waals surface area contributed by atoms with Gasteiger partial charge in [-0.2, -0.15) is 9.97 Å². The fourth-order valence-corrected chi connectivity index (χ4v) is 2.27. The summed E-state index contributed by atoms with van der Waals surface area (Å²) < 4.78 is 0. The van der Waals surface area contributed by atoms with Gasteiger partial charge in [0.25, 0.3) is 0 Å². The topological polar surface area (TPSA) is 64.7 Å². The van der Waals surface area contributed by atoms with E-state index in [1.807, 2.05) is 0 Å². The smallest absolute Gasteiger partial charge is 0.227 e. The highest BCUT2D eigenvalue weighted by atomic mass is 35.5. The first-order valence-electron chi connectivity index (χ1n) is 5.42. The summed E-state index contributed by atoms with van der Waals surface area (Å²) >= 11 is 5.77. The third-order valence-corrected chi connectivity index (χ3v) is 3.03. The van der Waals surface area contributed by atoms with Crippen LogP contribution in [0.1, 0.15) is 50.3 Å². The van der Waals surface area contributed by atoms with Crippen LogP contribution in [0.25, 0.3) is 0 Å². The first kappa shape index (κ1) is 10.6. The Morgan fingerprint density at radius 1 is 1.00 bits per heavy atom. The summed E-state index contributed by atoms with van der Waals surface area (Å²) in [6.45, 7) is 0. The summed E-state index contributed by atoms with van der Waals surface area (Å²) in [4.78, 5) is 12.1. The highest BCUT2D eigenvalue weighted by molar-refractivity contribution is 6.28. The molecule has 1 fully saturated rings. The lowest BCUT2D eigenvalue weighted by atomic mass is 10.00. The molecule has 0 radical (unpaired) electrons. The number of hydrogen-bond donors (Lipinski definition) is 1. The van der Waals surface area contributed by atoms with Gasteiger partial charge in [-0.3, -0.25) is 0 Å². The van der Waals surface area contributed by atoms with E-state index in [0.29, 0.717) is 5.92 Å². The molecule has 0 atom stereocenters. The van der Waals surface area contributed by atoms with Gasteiger partial charge >= 0.3 is 0 Å². The second kappa shape index (κ2) is 4.75. The van der Waals surface area contributed by atoms with Gasteiger partial charge in [0, 0.05) is 5.92 Å². The Morgan fingerprint density at radius 3 is 2.27 bits per heavy atom. The van der Waals surface area contributed by atoms with E-state index in [1.54, 1.807) is 0 Å². The molecule has 2 N–H and O–H groups in total. The quantitative estimate of drug-likeness (QED) is 0.748. The van der Waals surface area contributed by atoms with Crippen LogP contribution in [0.2, 0.25) is 5.28 Å². The van der Waals surface area contributed by atoms with Crippen molar-refractivity contribution in [2.75, 3.05) is 5.73 Å². The molecule has 0 amide bonds. The molecule has 0 spiro atoms. The van der Waals surface area contributed by atoms with E-state index >= 15 is 0 Å². The summed E-state index contributed by atoms with van der Waals surface area (Å²) in [6.07, 6.45) is 7.39. The third-order valence-electron chi connectivity index (χ3n) is 2.86. The SMILES string of the molecule is Nc1nc(Cl)nc(C2CCCCCC2)n1. The van der Waals surface area contributed by atoms with Gasteiger partial charge in [0.05, 0.1) is 0 Å². The van der Waals surface area contributed by atoms with Crippen molar-refractivity contribution in [3.8, 4) is 0 Å². The second-order valence-electron chi connectivity index (χ2n) is 4.01. The van der Waals surface area contributed by atoms with E-state index in [0.717, 1.165) is 18.7 Å². The molecule has 1 aliphatic rings.